The van der Waals surface area contributed by atoms with Gasteiger partial charge in [0, 0.05) is 25.2 Å². The molecule has 1 aromatic carbocycles. The number of halogens is 3. The minimum Gasteiger partial charge on any atom is -0.389 e. The summed E-state index contributed by atoms with van der Waals surface area (Å²) < 4.78 is 77.7. The maximum Gasteiger partial charge on any atom is 0.431 e. The van der Waals surface area contributed by atoms with Crippen molar-refractivity contribution in [2.24, 2.45) is 7.05 Å². The van der Waals surface area contributed by atoms with Gasteiger partial charge in [0.05, 0.1) is 15.8 Å². The fraction of sp³-hybridized carbons (Fsp3) is 0.400. The zero-order valence-electron chi connectivity index (χ0n) is 19.7. The Kier molecular flexibility index (Phi) is 7.34. The van der Waals surface area contributed by atoms with E-state index in [-0.39, 0.29) is 17.0 Å². The van der Waals surface area contributed by atoms with Gasteiger partial charge in [-0.25, -0.2) is 18.9 Å². The molecule has 3 aromatic rings. The topological polar surface area (TPSA) is 133 Å². The van der Waals surface area contributed by atoms with Gasteiger partial charge in [0.25, 0.3) is 5.56 Å². The van der Waals surface area contributed by atoms with Crippen LogP contribution in [-0.4, -0.2) is 44.4 Å². The molecule has 0 unspecified atom stereocenters. The van der Waals surface area contributed by atoms with E-state index in [9.17, 15) is 36.0 Å². The Morgan fingerprint density at radius 2 is 1.75 bits per heavy atom. The van der Waals surface area contributed by atoms with Crippen LogP contribution in [0.3, 0.4) is 0 Å². The summed E-state index contributed by atoms with van der Waals surface area (Å²) in [6, 6.07) is 3.34. The summed E-state index contributed by atoms with van der Waals surface area (Å²) in [5.41, 5.74) is -3.98. The Bertz CT molecular complexity index is 1530. The standard InChI is InChI=1S/C20H22F3N5O6S2/c1-10(2)28(11(3)4)36(32,33)25-18(30)34-17-13-8-12(6-7-14(13)35-24-17)27-16(29)9-15(20(21,22)23)26(5)19(27)31/h6-11H,1-5H3,(H,25,30). The maximum atomic E-state index is 13.1. The molecule has 0 atom stereocenters. The SMILES string of the molecule is CC(C)N(C(C)C)S(=O)(=O)NC(=O)Oc1nsc2ccc(-n3c(=O)cc(C(F)(F)F)n(C)c3=O)cc12. The first-order valence-corrected chi connectivity index (χ1v) is 12.6. The summed E-state index contributed by atoms with van der Waals surface area (Å²) in [4.78, 5) is 37.3. The summed E-state index contributed by atoms with van der Waals surface area (Å²) in [6.07, 6.45) is -6.26. The average molecular weight is 550 g/mol. The number of ether oxygens (including phenoxy) is 1. The molecule has 16 heteroatoms. The second-order valence-corrected chi connectivity index (χ2v) is 10.6. The molecule has 0 aliphatic carbocycles. The molecule has 0 fully saturated rings. The first-order valence-electron chi connectivity index (χ1n) is 10.4. The third-order valence-electron chi connectivity index (χ3n) is 4.99. The quantitative estimate of drug-likeness (QED) is 0.500. The van der Waals surface area contributed by atoms with Gasteiger partial charge in [0.1, 0.15) is 5.69 Å². The van der Waals surface area contributed by atoms with Crippen molar-refractivity contribution in [3.8, 4) is 11.6 Å². The lowest BCUT2D eigenvalue weighted by Crippen LogP contribution is -2.50. The van der Waals surface area contributed by atoms with Gasteiger partial charge in [-0.05, 0) is 57.4 Å². The molecule has 1 amide bonds. The molecule has 2 heterocycles. The zero-order chi connectivity index (χ0) is 27.2. The monoisotopic (exact) mass is 549 g/mol. The first kappa shape index (κ1) is 27.3. The molecule has 0 radical (unpaired) electrons. The predicted octanol–water partition coefficient (Wildman–Crippen LogP) is 2.62. The molecule has 0 aliphatic rings. The van der Waals surface area contributed by atoms with Crippen molar-refractivity contribution in [3.63, 3.8) is 0 Å². The number of carbonyl (C=O) groups is 1. The Balaban J connectivity index is 1.99. The number of amides is 1. The van der Waals surface area contributed by atoms with Crippen LogP contribution in [0.15, 0.2) is 33.9 Å². The molecule has 11 nitrogen and oxygen atoms in total. The van der Waals surface area contributed by atoms with E-state index in [1.165, 1.54) is 18.2 Å². The fourth-order valence-corrected chi connectivity index (χ4v) is 5.83. The van der Waals surface area contributed by atoms with Crippen LogP contribution in [0.4, 0.5) is 18.0 Å². The largest absolute Gasteiger partial charge is 0.431 e. The summed E-state index contributed by atoms with van der Waals surface area (Å²) in [5, 5.41) is 0.128. The number of nitrogens with one attached hydrogen (secondary N) is 1. The van der Waals surface area contributed by atoms with Crippen molar-refractivity contribution in [1.29, 1.82) is 0 Å². The number of benzene rings is 1. The first-order chi connectivity index (χ1) is 16.5. The fourth-order valence-electron chi connectivity index (χ4n) is 3.67. The molecule has 0 spiro atoms. The summed E-state index contributed by atoms with van der Waals surface area (Å²) in [6.45, 7) is 6.53. The minimum absolute atomic E-state index is 0.106. The molecule has 1 N–H and O–H groups in total. The van der Waals surface area contributed by atoms with E-state index in [2.05, 4.69) is 4.37 Å². The molecule has 36 heavy (non-hydrogen) atoms. The Morgan fingerprint density at radius 1 is 1.14 bits per heavy atom. The third-order valence-corrected chi connectivity index (χ3v) is 7.62. The average Bonchev–Trinajstić information content (AvgIpc) is 3.10. The highest BCUT2D eigenvalue weighted by Gasteiger charge is 2.35. The summed E-state index contributed by atoms with van der Waals surface area (Å²) in [5.74, 6) is -0.318. The van der Waals surface area contributed by atoms with E-state index >= 15 is 0 Å². The predicted molar refractivity (Wildman–Crippen MR) is 126 cm³/mol. The van der Waals surface area contributed by atoms with Crippen molar-refractivity contribution >= 4 is 37.9 Å². The smallest absolute Gasteiger partial charge is 0.389 e. The molecular weight excluding hydrogens is 527 g/mol. The lowest BCUT2D eigenvalue weighted by molar-refractivity contribution is -0.144. The van der Waals surface area contributed by atoms with Crippen LogP contribution in [0.5, 0.6) is 5.88 Å². The van der Waals surface area contributed by atoms with Crippen molar-refractivity contribution in [2.45, 2.75) is 46.0 Å². The van der Waals surface area contributed by atoms with Gasteiger partial charge in [0.15, 0.2) is 0 Å². The lowest BCUT2D eigenvalue weighted by Gasteiger charge is -2.28. The summed E-state index contributed by atoms with van der Waals surface area (Å²) >= 11 is 0.877. The normalized spacial score (nSPS) is 12.6. The van der Waals surface area contributed by atoms with Crippen LogP contribution in [0.25, 0.3) is 15.8 Å². The van der Waals surface area contributed by atoms with Crippen LogP contribution >= 0.6 is 11.5 Å². The Labute approximate surface area is 207 Å². The van der Waals surface area contributed by atoms with Gasteiger partial charge < -0.3 is 4.74 Å². The number of carbonyl (C=O) groups excluding carboxylic acids is 1. The second-order valence-electron chi connectivity index (χ2n) is 8.22. The molecule has 0 saturated carbocycles. The highest BCUT2D eigenvalue weighted by Crippen LogP contribution is 2.31. The van der Waals surface area contributed by atoms with Crippen LogP contribution in [0.1, 0.15) is 33.4 Å². The number of alkyl halides is 3. The van der Waals surface area contributed by atoms with Crippen molar-refractivity contribution in [1.82, 2.24) is 22.5 Å². The molecule has 196 valence electrons. The number of aromatic nitrogens is 3. The molecule has 0 saturated heterocycles. The minimum atomic E-state index is -4.91. The second kappa shape index (κ2) is 9.67. The lowest BCUT2D eigenvalue weighted by atomic mass is 10.2. The third kappa shape index (κ3) is 5.29. The van der Waals surface area contributed by atoms with Crippen molar-refractivity contribution in [2.75, 3.05) is 0 Å². The van der Waals surface area contributed by atoms with E-state index in [0.29, 0.717) is 19.9 Å². The van der Waals surface area contributed by atoms with E-state index < -0.39 is 51.5 Å². The maximum absolute atomic E-state index is 13.1. The number of fused-ring (bicyclic) bond motifs is 1. The molecule has 0 aliphatic heterocycles. The molecule has 2 aromatic heterocycles. The van der Waals surface area contributed by atoms with Crippen molar-refractivity contribution in [3.05, 3.63) is 50.8 Å². The molecular formula is C20H22F3N5O6S2. The molecule has 3 rings (SSSR count). The number of hydrogen-bond acceptors (Lipinski definition) is 8. The number of nitrogens with zero attached hydrogens (tertiary/aromatic N) is 4. The van der Waals surface area contributed by atoms with E-state index in [4.69, 9.17) is 4.74 Å². The van der Waals surface area contributed by atoms with Crippen molar-refractivity contribution < 1.29 is 31.1 Å². The van der Waals surface area contributed by atoms with Crippen LogP contribution in [0.2, 0.25) is 0 Å². The van der Waals surface area contributed by atoms with E-state index in [1.807, 2.05) is 0 Å². The van der Waals surface area contributed by atoms with Gasteiger partial charge in [0.2, 0.25) is 5.88 Å². The summed E-state index contributed by atoms with van der Waals surface area (Å²) in [7, 11) is -3.38. The van der Waals surface area contributed by atoms with E-state index in [0.717, 1.165) is 22.9 Å². The van der Waals surface area contributed by atoms with Gasteiger partial charge in [-0.3, -0.25) is 9.36 Å². The Hall–Kier alpha value is -3.24. The zero-order valence-corrected chi connectivity index (χ0v) is 21.3. The van der Waals surface area contributed by atoms with Gasteiger partial charge in [-0.15, -0.1) is 0 Å². The van der Waals surface area contributed by atoms with Gasteiger partial charge in [-0.1, -0.05) is 0 Å². The highest BCUT2D eigenvalue weighted by molar-refractivity contribution is 7.87. The number of rotatable bonds is 6. The highest BCUT2D eigenvalue weighted by atomic mass is 32.2. The van der Waals surface area contributed by atoms with Gasteiger partial charge in [-0.2, -0.15) is 30.3 Å². The van der Waals surface area contributed by atoms with Crippen LogP contribution < -0.4 is 20.7 Å². The number of hydrogen-bond donors (Lipinski definition) is 1. The molecule has 0 bridgehead atoms. The van der Waals surface area contributed by atoms with E-state index in [1.54, 1.807) is 32.4 Å². The van der Waals surface area contributed by atoms with Gasteiger partial charge >= 0.3 is 28.2 Å². The van der Waals surface area contributed by atoms with Crippen LogP contribution in [0, 0.1) is 0 Å². The van der Waals surface area contributed by atoms with Crippen LogP contribution in [-0.2, 0) is 23.4 Å². The Morgan fingerprint density at radius 3 is 2.31 bits per heavy atom.